The number of hydrogen-bond acceptors (Lipinski definition) is 3. The molecule has 1 aliphatic carbocycles. The second-order valence-corrected chi connectivity index (χ2v) is 7.58. The number of imidazole rings is 1. The third kappa shape index (κ3) is 3.08. The number of hydrogen-bond donors (Lipinski definition) is 1. The highest BCUT2D eigenvalue weighted by atomic mass is 16.2. The molecular formula is C20H26N4O2. The van der Waals surface area contributed by atoms with E-state index in [1.165, 1.54) is 19.3 Å². The normalized spacial score (nSPS) is 19.8. The molecule has 0 aromatic carbocycles. The van der Waals surface area contributed by atoms with Gasteiger partial charge in [0.25, 0.3) is 5.91 Å². The summed E-state index contributed by atoms with van der Waals surface area (Å²) in [6.45, 7) is 1.13. The molecule has 2 aromatic rings. The zero-order valence-corrected chi connectivity index (χ0v) is 15.1. The van der Waals surface area contributed by atoms with Gasteiger partial charge in [-0.3, -0.25) is 9.59 Å². The Bertz CT molecular complexity index is 814. The molecule has 1 saturated carbocycles. The third-order valence-electron chi connectivity index (χ3n) is 5.93. The zero-order valence-electron chi connectivity index (χ0n) is 15.1. The van der Waals surface area contributed by atoms with Gasteiger partial charge in [0.2, 0.25) is 5.91 Å². The lowest BCUT2D eigenvalue weighted by atomic mass is 9.89. The summed E-state index contributed by atoms with van der Waals surface area (Å²) in [5.74, 6) is 1.05. The molecule has 0 unspecified atom stereocenters. The highest BCUT2D eigenvalue weighted by molar-refractivity contribution is 5.99. The van der Waals surface area contributed by atoms with Crippen LogP contribution in [0.25, 0.3) is 5.52 Å². The van der Waals surface area contributed by atoms with Gasteiger partial charge in [0.05, 0.1) is 5.52 Å². The largest absolute Gasteiger partial charge is 0.369 e. The SMILES string of the molecule is NC(=O)C1CCN(C(=O)c2nc(C3CCCCC3)n3ccccc23)CC1. The fourth-order valence-electron chi connectivity index (χ4n) is 4.38. The van der Waals surface area contributed by atoms with E-state index in [0.29, 0.717) is 37.5 Å². The molecule has 0 spiro atoms. The number of piperidine rings is 1. The lowest BCUT2D eigenvalue weighted by Gasteiger charge is -2.30. The van der Waals surface area contributed by atoms with Crippen molar-refractivity contribution in [2.75, 3.05) is 13.1 Å². The maximum absolute atomic E-state index is 13.1. The Morgan fingerprint density at radius 2 is 1.77 bits per heavy atom. The third-order valence-corrected chi connectivity index (χ3v) is 5.93. The lowest BCUT2D eigenvalue weighted by Crippen LogP contribution is -2.41. The number of carbonyl (C=O) groups is 2. The van der Waals surface area contributed by atoms with Gasteiger partial charge in [-0.2, -0.15) is 0 Å². The lowest BCUT2D eigenvalue weighted by molar-refractivity contribution is -0.123. The predicted molar refractivity (Wildman–Crippen MR) is 98.8 cm³/mol. The predicted octanol–water partition coefficient (Wildman–Crippen LogP) is 2.72. The topological polar surface area (TPSA) is 80.7 Å². The van der Waals surface area contributed by atoms with E-state index in [4.69, 9.17) is 10.7 Å². The van der Waals surface area contributed by atoms with Gasteiger partial charge < -0.3 is 15.0 Å². The van der Waals surface area contributed by atoms with Crippen molar-refractivity contribution >= 4 is 17.3 Å². The van der Waals surface area contributed by atoms with Crippen LogP contribution in [-0.2, 0) is 4.79 Å². The van der Waals surface area contributed by atoms with E-state index in [0.717, 1.165) is 24.2 Å². The number of pyridine rings is 1. The maximum Gasteiger partial charge on any atom is 0.274 e. The molecule has 138 valence electrons. The van der Waals surface area contributed by atoms with E-state index in [9.17, 15) is 9.59 Å². The van der Waals surface area contributed by atoms with E-state index in [2.05, 4.69) is 4.40 Å². The number of likely N-dealkylation sites (tertiary alicyclic amines) is 1. The minimum atomic E-state index is -0.260. The molecule has 2 fully saturated rings. The highest BCUT2D eigenvalue weighted by Gasteiger charge is 2.30. The van der Waals surface area contributed by atoms with E-state index < -0.39 is 0 Å². The van der Waals surface area contributed by atoms with Gasteiger partial charge in [0.15, 0.2) is 5.69 Å². The molecule has 0 radical (unpaired) electrons. The van der Waals surface area contributed by atoms with E-state index in [-0.39, 0.29) is 17.7 Å². The van der Waals surface area contributed by atoms with Gasteiger partial charge in [0, 0.05) is 31.1 Å². The van der Waals surface area contributed by atoms with Crippen molar-refractivity contribution < 1.29 is 9.59 Å². The monoisotopic (exact) mass is 354 g/mol. The molecule has 2 N–H and O–H groups in total. The molecule has 3 heterocycles. The minimum Gasteiger partial charge on any atom is -0.369 e. The summed E-state index contributed by atoms with van der Waals surface area (Å²) in [6, 6.07) is 5.92. The zero-order chi connectivity index (χ0) is 18.1. The average Bonchev–Trinajstić information content (AvgIpc) is 3.08. The molecule has 1 aliphatic heterocycles. The summed E-state index contributed by atoms with van der Waals surface area (Å²) in [5.41, 5.74) is 6.83. The van der Waals surface area contributed by atoms with Crippen molar-refractivity contribution in [3.63, 3.8) is 0 Å². The molecule has 2 aromatic heterocycles. The summed E-state index contributed by atoms with van der Waals surface area (Å²) in [5, 5.41) is 0. The number of nitrogens with two attached hydrogens (primary N) is 1. The first kappa shape index (κ1) is 17.1. The number of amides is 2. The van der Waals surface area contributed by atoms with Gasteiger partial charge in [-0.05, 0) is 37.8 Å². The number of nitrogens with zero attached hydrogens (tertiary/aromatic N) is 3. The Balaban J connectivity index is 1.62. The Morgan fingerprint density at radius 3 is 2.46 bits per heavy atom. The fraction of sp³-hybridized carbons (Fsp3) is 0.550. The molecule has 1 saturated heterocycles. The second-order valence-electron chi connectivity index (χ2n) is 7.58. The number of rotatable bonds is 3. The van der Waals surface area contributed by atoms with Gasteiger partial charge in [0.1, 0.15) is 5.82 Å². The number of fused-ring (bicyclic) bond motifs is 1. The molecule has 2 amide bonds. The van der Waals surface area contributed by atoms with Crippen LogP contribution in [0.2, 0.25) is 0 Å². The second kappa shape index (κ2) is 7.09. The summed E-state index contributed by atoms with van der Waals surface area (Å²) in [6.07, 6.45) is 9.34. The van der Waals surface area contributed by atoms with E-state index >= 15 is 0 Å². The molecule has 2 aliphatic rings. The minimum absolute atomic E-state index is 0.0290. The summed E-state index contributed by atoms with van der Waals surface area (Å²) in [4.78, 5) is 31.1. The van der Waals surface area contributed by atoms with Crippen molar-refractivity contribution in [1.82, 2.24) is 14.3 Å². The highest BCUT2D eigenvalue weighted by Crippen LogP contribution is 2.33. The van der Waals surface area contributed by atoms with Crippen LogP contribution < -0.4 is 5.73 Å². The first-order valence-electron chi connectivity index (χ1n) is 9.70. The number of aromatic nitrogens is 2. The van der Waals surface area contributed by atoms with Crippen molar-refractivity contribution in [3.05, 3.63) is 35.9 Å². The van der Waals surface area contributed by atoms with Crippen molar-refractivity contribution in [2.45, 2.75) is 50.9 Å². The van der Waals surface area contributed by atoms with Crippen LogP contribution in [0.4, 0.5) is 0 Å². The van der Waals surface area contributed by atoms with Gasteiger partial charge in [-0.25, -0.2) is 4.98 Å². The molecule has 6 nitrogen and oxygen atoms in total. The standard InChI is InChI=1S/C20H26N4O2/c21-18(25)14-9-12-23(13-10-14)20(26)17-16-8-4-5-11-24(16)19(22-17)15-6-2-1-3-7-15/h4-5,8,11,14-15H,1-3,6-7,9-10,12-13H2,(H2,21,25). The van der Waals surface area contributed by atoms with E-state index in [1.54, 1.807) is 0 Å². The van der Waals surface area contributed by atoms with Crippen molar-refractivity contribution in [3.8, 4) is 0 Å². The molecule has 6 heteroatoms. The van der Waals surface area contributed by atoms with Crippen LogP contribution in [0, 0.1) is 5.92 Å². The Labute approximate surface area is 153 Å². The van der Waals surface area contributed by atoms with Crippen LogP contribution in [0.5, 0.6) is 0 Å². The maximum atomic E-state index is 13.1. The van der Waals surface area contributed by atoms with Crippen LogP contribution in [0.1, 0.15) is 67.2 Å². The fourth-order valence-corrected chi connectivity index (χ4v) is 4.38. The van der Waals surface area contributed by atoms with Gasteiger partial charge in [-0.1, -0.05) is 25.3 Å². The van der Waals surface area contributed by atoms with Gasteiger partial charge in [-0.15, -0.1) is 0 Å². The molecule has 0 bridgehead atoms. The Hall–Kier alpha value is -2.37. The van der Waals surface area contributed by atoms with Crippen LogP contribution >= 0.6 is 0 Å². The molecular weight excluding hydrogens is 328 g/mol. The van der Waals surface area contributed by atoms with Gasteiger partial charge >= 0.3 is 0 Å². The number of primary amides is 1. The van der Waals surface area contributed by atoms with E-state index in [1.807, 2.05) is 29.3 Å². The quantitative estimate of drug-likeness (QED) is 0.920. The van der Waals surface area contributed by atoms with Crippen molar-refractivity contribution in [2.24, 2.45) is 11.7 Å². The number of carbonyl (C=O) groups excluding carboxylic acids is 2. The van der Waals surface area contributed by atoms with Crippen molar-refractivity contribution in [1.29, 1.82) is 0 Å². The Morgan fingerprint density at radius 1 is 1.04 bits per heavy atom. The Kier molecular flexibility index (Phi) is 4.66. The molecule has 4 rings (SSSR count). The molecule has 0 atom stereocenters. The first-order valence-corrected chi connectivity index (χ1v) is 9.70. The average molecular weight is 354 g/mol. The van der Waals surface area contributed by atoms with Crippen LogP contribution in [0.3, 0.4) is 0 Å². The smallest absolute Gasteiger partial charge is 0.274 e. The van der Waals surface area contributed by atoms with Crippen LogP contribution in [-0.4, -0.2) is 39.2 Å². The van der Waals surface area contributed by atoms with Crippen LogP contribution in [0.15, 0.2) is 24.4 Å². The first-order chi connectivity index (χ1) is 12.6. The molecule has 26 heavy (non-hydrogen) atoms. The summed E-state index contributed by atoms with van der Waals surface area (Å²) >= 11 is 0. The summed E-state index contributed by atoms with van der Waals surface area (Å²) in [7, 11) is 0. The summed E-state index contributed by atoms with van der Waals surface area (Å²) < 4.78 is 2.10.